The van der Waals surface area contributed by atoms with Crippen LogP contribution in [0, 0.1) is 25.2 Å². The van der Waals surface area contributed by atoms with E-state index in [9.17, 15) is 9.59 Å². The van der Waals surface area contributed by atoms with Crippen molar-refractivity contribution >= 4 is 28.8 Å². The molecule has 0 N–H and O–H groups in total. The van der Waals surface area contributed by atoms with E-state index < -0.39 is 0 Å². The molecule has 0 radical (unpaired) electrons. The molecule has 0 bridgehead atoms. The molecule has 32 heavy (non-hydrogen) atoms. The molecule has 1 aliphatic heterocycles. The van der Waals surface area contributed by atoms with Gasteiger partial charge in [-0.2, -0.15) is 5.26 Å². The van der Waals surface area contributed by atoms with Crippen molar-refractivity contribution in [3.8, 4) is 6.07 Å². The van der Waals surface area contributed by atoms with Crippen molar-refractivity contribution in [2.24, 2.45) is 0 Å². The van der Waals surface area contributed by atoms with Gasteiger partial charge in [-0.1, -0.05) is 42.0 Å². The molecular weight excluding hydrogens is 398 g/mol. The second-order valence-corrected chi connectivity index (χ2v) is 7.73. The van der Waals surface area contributed by atoms with Gasteiger partial charge in [0, 0.05) is 12.2 Å². The van der Waals surface area contributed by atoms with E-state index in [4.69, 9.17) is 5.26 Å². The number of hydrogen-bond acceptors (Lipinski definition) is 4. The summed E-state index contributed by atoms with van der Waals surface area (Å²) in [6.45, 7) is 6.43. The summed E-state index contributed by atoms with van der Waals surface area (Å²) in [6, 6.07) is 24.0. The van der Waals surface area contributed by atoms with Crippen LogP contribution in [0.1, 0.15) is 29.2 Å². The molecule has 0 fully saturated rings. The smallest absolute Gasteiger partial charge is 0.282 e. The van der Waals surface area contributed by atoms with Crippen LogP contribution in [0.15, 0.2) is 78.5 Å². The molecule has 0 unspecified atom stereocenters. The summed E-state index contributed by atoms with van der Waals surface area (Å²) < 4.78 is 0. The van der Waals surface area contributed by atoms with Crippen LogP contribution in [0.2, 0.25) is 0 Å². The van der Waals surface area contributed by atoms with Gasteiger partial charge in [0.25, 0.3) is 11.8 Å². The third kappa shape index (κ3) is 3.57. The number of likely N-dealkylation sites (N-methyl/N-ethyl adjacent to an activating group) is 1. The summed E-state index contributed by atoms with van der Waals surface area (Å²) in [7, 11) is 0. The molecule has 3 aromatic rings. The average molecular weight is 422 g/mol. The van der Waals surface area contributed by atoms with Crippen LogP contribution in [0.25, 0.3) is 5.57 Å². The molecule has 0 saturated heterocycles. The van der Waals surface area contributed by atoms with Gasteiger partial charge in [0.15, 0.2) is 0 Å². The number of hydrogen-bond donors (Lipinski definition) is 0. The van der Waals surface area contributed by atoms with Crippen molar-refractivity contribution in [3.05, 3.63) is 101 Å². The highest BCUT2D eigenvalue weighted by Crippen LogP contribution is 2.37. The maximum absolute atomic E-state index is 13.7. The maximum Gasteiger partial charge on any atom is 0.282 e. The van der Waals surface area contributed by atoms with Gasteiger partial charge in [-0.3, -0.25) is 9.59 Å². The largest absolute Gasteiger partial charge is 0.337 e. The minimum Gasteiger partial charge on any atom is -0.337 e. The molecule has 1 aliphatic rings. The molecule has 5 nitrogen and oxygen atoms in total. The zero-order chi connectivity index (χ0) is 22.8. The van der Waals surface area contributed by atoms with E-state index in [-0.39, 0.29) is 11.8 Å². The van der Waals surface area contributed by atoms with Crippen LogP contribution < -0.4 is 9.80 Å². The number of carbonyl (C=O) groups excluding carboxylic acids is 2. The summed E-state index contributed by atoms with van der Waals surface area (Å²) in [6.07, 6.45) is 0. The number of aryl methyl sites for hydroxylation is 2. The Labute approximate surface area is 187 Å². The lowest BCUT2D eigenvalue weighted by Gasteiger charge is -2.25. The van der Waals surface area contributed by atoms with E-state index in [0.29, 0.717) is 29.1 Å². The van der Waals surface area contributed by atoms with E-state index in [2.05, 4.69) is 6.07 Å². The van der Waals surface area contributed by atoms with E-state index in [1.165, 1.54) is 4.90 Å². The molecule has 4 rings (SSSR count). The Hall–Kier alpha value is -4.17. The van der Waals surface area contributed by atoms with Gasteiger partial charge in [-0.25, -0.2) is 4.90 Å². The van der Waals surface area contributed by atoms with Crippen LogP contribution >= 0.6 is 0 Å². The first-order valence-electron chi connectivity index (χ1n) is 10.5. The van der Waals surface area contributed by atoms with Gasteiger partial charge in [-0.05, 0) is 68.3 Å². The first-order chi connectivity index (χ1) is 15.5. The number of anilines is 2. The fourth-order valence-electron chi connectivity index (χ4n) is 4.10. The highest BCUT2D eigenvalue weighted by atomic mass is 16.2. The van der Waals surface area contributed by atoms with Crippen LogP contribution in [0.4, 0.5) is 11.4 Å². The minimum atomic E-state index is -0.375. The van der Waals surface area contributed by atoms with E-state index in [0.717, 1.165) is 22.4 Å². The Bertz CT molecular complexity index is 1270. The number of benzene rings is 3. The predicted molar refractivity (Wildman–Crippen MR) is 126 cm³/mol. The summed E-state index contributed by atoms with van der Waals surface area (Å²) in [5.74, 6) is -0.739. The Morgan fingerprint density at radius 3 is 2.19 bits per heavy atom. The number of imide groups is 1. The summed E-state index contributed by atoms with van der Waals surface area (Å²) >= 11 is 0. The molecule has 0 saturated carbocycles. The Morgan fingerprint density at radius 2 is 1.59 bits per heavy atom. The fourth-order valence-corrected chi connectivity index (χ4v) is 4.10. The minimum absolute atomic E-state index is 0.361. The fraction of sp³-hybridized carbons (Fsp3) is 0.148. The molecule has 3 aromatic carbocycles. The summed E-state index contributed by atoms with van der Waals surface area (Å²) in [5.41, 5.74) is 5.27. The van der Waals surface area contributed by atoms with Crippen molar-refractivity contribution in [2.45, 2.75) is 20.8 Å². The zero-order valence-corrected chi connectivity index (χ0v) is 18.3. The average Bonchev–Trinajstić information content (AvgIpc) is 3.05. The second kappa shape index (κ2) is 8.52. The van der Waals surface area contributed by atoms with Gasteiger partial charge in [0.1, 0.15) is 5.70 Å². The lowest BCUT2D eigenvalue weighted by Crippen LogP contribution is -2.35. The van der Waals surface area contributed by atoms with Crippen molar-refractivity contribution in [3.63, 3.8) is 0 Å². The molecule has 2 amide bonds. The summed E-state index contributed by atoms with van der Waals surface area (Å²) in [4.78, 5) is 30.6. The summed E-state index contributed by atoms with van der Waals surface area (Å²) in [5, 5.41) is 9.10. The van der Waals surface area contributed by atoms with Crippen LogP contribution in [0.3, 0.4) is 0 Å². The SMILES string of the molecule is CCN(C1=C(c2ccc(C)cc2C)C(=O)N(c2ccc(C#N)cc2)C1=O)c1ccccc1. The van der Waals surface area contributed by atoms with Crippen molar-refractivity contribution < 1.29 is 9.59 Å². The number of para-hydroxylation sites is 1. The Kier molecular flexibility index (Phi) is 5.61. The van der Waals surface area contributed by atoms with Crippen LogP contribution in [-0.4, -0.2) is 18.4 Å². The van der Waals surface area contributed by atoms with E-state index in [1.54, 1.807) is 24.3 Å². The van der Waals surface area contributed by atoms with E-state index in [1.807, 2.05) is 74.2 Å². The molecular formula is C27H23N3O2. The first-order valence-corrected chi connectivity index (χ1v) is 10.5. The normalized spacial score (nSPS) is 13.5. The lowest BCUT2D eigenvalue weighted by molar-refractivity contribution is -0.120. The van der Waals surface area contributed by atoms with E-state index >= 15 is 0 Å². The molecule has 5 heteroatoms. The van der Waals surface area contributed by atoms with Gasteiger partial charge < -0.3 is 4.90 Å². The lowest BCUT2D eigenvalue weighted by atomic mass is 9.97. The molecule has 158 valence electrons. The molecule has 0 aromatic heterocycles. The zero-order valence-electron chi connectivity index (χ0n) is 18.3. The number of nitriles is 1. The highest BCUT2D eigenvalue weighted by Gasteiger charge is 2.43. The van der Waals surface area contributed by atoms with Gasteiger partial charge in [0.05, 0.1) is 22.9 Å². The first kappa shape index (κ1) is 21.1. The Balaban J connectivity index is 1.92. The van der Waals surface area contributed by atoms with Crippen molar-refractivity contribution in [2.75, 3.05) is 16.3 Å². The maximum atomic E-state index is 13.7. The number of carbonyl (C=O) groups is 2. The third-order valence-corrected chi connectivity index (χ3v) is 5.62. The molecule has 1 heterocycles. The Morgan fingerprint density at radius 1 is 0.906 bits per heavy atom. The number of amides is 2. The molecule has 0 spiro atoms. The number of rotatable bonds is 5. The molecule has 0 atom stereocenters. The topological polar surface area (TPSA) is 64.4 Å². The predicted octanol–water partition coefficient (Wildman–Crippen LogP) is 4.99. The van der Waals surface area contributed by atoms with Gasteiger partial charge in [-0.15, -0.1) is 0 Å². The van der Waals surface area contributed by atoms with Gasteiger partial charge >= 0.3 is 0 Å². The monoisotopic (exact) mass is 421 g/mol. The third-order valence-electron chi connectivity index (χ3n) is 5.62. The standard InChI is InChI=1S/C27H23N3O2/c1-4-29(21-8-6-5-7-9-21)25-24(23-15-10-18(2)16-19(23)3)26(31)30(27(25)32)22-13-11-20(17-28)12-14-22/h5-16H,4H2,1-3H3. The highest BCUT2D eigenvalue weighted by molar-refractivity contribution is 6.46. The second-order valence-electron chi connectivity index (χ2n) is 7.73. The number of nitrogens with zero attached hydrogens (tertiary/aromatic N) is 3. The molecule has 0 aliphatic carbocycles. The van der Waals surface area contributed by atoms with Crippen molar-refractivity contribution in [1.82, 2.24) is 0 Å². The van der Waals surface area contributed by atoms with Gasteiger partial charge in [0.2, 0.25) is 0 Å². The van der Waals surface area contributed by atoms with Crippen LogP contribution in [0.5, 0.6) is 0 Å². The van der Waals surface area contributed by atoms with Crippen LogP contribution in [-0.2, 0) is 9.59 Å². The van der Waals surface area contributed by atoms with Crippen molar-refractivity contribution in [1.29, 1.82) is 5.26 Å². The quantitative estimate of drug-likeness (QED) is 0.545.